The van der Waals surface area contributed by atoms with Crippen LogP contribution in [0.5, 0.6) is 0 Å². The van der Waals surface area contributed by atoms with Crippen molar-refractivity contribution in [3.8, 4) is 0 Å². The maximum atomic E-state index is 12.2. The van der Waals surface area contributed by atoms with Crippen molar-refractivity contribution >= 4 is 5.78 Å². The molecule has 0 amide bonds. The number of hydrogen-bond donors (Lipinski definition) is 1. The van der Waals surface area contributed by atoms with Gasteiger partial charge in [-0.25, -0.2) is 0 Å². The van der Waals surface area contributed by atoms with Gasteiger partial charge >= 0.3 is 0 Å². The van der Waals surface area contributed by atoms with Crippen molar-refractivity contribution < 1.29 is 4.79 Å². The monoisotopic (exact) mass is 214 g/mol. The van der Waals surface area contributed by atoms with E-state index in [4.69, 9.17) is 0 Å². The molecule has 1 N–H and O–H groups in total. The Balaban J connectivity index is 2.53. The summed E-state index contributed by atoms with van der Waals surface area (Å²) >= 11 is 0. The van der Waals surface area contributed by atoms with Crippen molar-refractivity contribution in [3.63, 3.8) is 0 Å². The molecule has 0 aliphatic carbocycles. The fourth-order valence-corrected chi connectivity index (χ4v) is 2.06. The maximum Gasteiger partial charge on any atom is 0.196 e. The van der Waals surface area contributed by atoms with Crippen LogP contribution < -0.4 is 0 Å². The van der Waals surface area contributed by atoms with E-state index in [1.807, 2.05) is 32.9 Å². The number of aryl methyl sites for hydroxylation is 3. The first-order chi connectivity index (χ1) is 7.59. The number of ketones is 1. The Hall–Kier alpha value is -1.90. The average molecular weight is 214 g/mol. The molecule has 0 atom stereocenters. The Morgan fingerprint density at radius 3 is 2.31 bits per heavy atom. The standard InChI is InChI=1S/C13H14N2O/c1-8-4-9(2)12(10(3)5-8)13(16)11-6-14-15-7-11/h4-7H,1-3H3,(H,14,15). The van der Waals surface area contributed by atoms with Gasteiger partial charge in [0.1, 0.15) is 0 Å². The molecule has 0 unspecified atom stereocenters. The van der Waals surface area contributed by atoms with Gasteiger partial charge in [-0.2, -0.15) is 5.10 Å². The van der Waals surface area contributed by atoms with Gasteiger partial charge < -0.3 is 0 Å². The largest absolute Gasteiger partial charge is 0.288 e. The molecule has 0 radical (unpaired) electrons. The zero-order valence-corrected chi connectivity index (χ0v) is 9.66. The molecule has 0 bridgehead atoms. The molecule has 16 heavy (non-hydrogen) atoms. The van der Waals surface area contributed by atoms with Crippen molar-refractivity contribution in [2.45, 2.75) is 20.8 Å². The summed E-state index contributed by atoms with van der Waals surface area (Å²) in [4.78, 5) is 12.2. The second-order valence-electron chi connectivity index (χ2n) is 4.09. The molecule has 0 aliphatic rings. The third-order valence-corrected chi connectivity index (χ3v) is 2.66. The molecule has 0 saturated carbocycles. The third-order valence-electron chi connectivity index (χ3n) is 2.66. The number of rotatable bonds is 2. The van der Waals surface area contributed by atoms with E-state index < -0.39 is 0 Å². The number of aromatic nitrogens is 2. The van der Waals surface area contributed by atoms with Crippen LogP contribution in [0, 0.1) is 20.8 Å². The van der Waals surface area contributed by atoms with Crippen molar-refractivity contribution in [2.24, 2.45) is 0 Å². The molecule has 0 saturated heterocycles. The molecule has 0 aliphatic heterocycles. The first-order valence-electron chi connectivity index (χ1n) is 5.21. The number of benzene rings is 1. The van der Waals surface area contributed by atoms with Crippen LogP contribution in [0.15, 0.2) is 24.5 Å². The summed E-state index contributed by atoms with van der Waals surface area (Å²) in [6.07, 6.45) is 3.18. The molecule has 0 spiro atoms. The molecule has 1 aromatic carbocycles. The van der Waals surface area contributed by atoms with Crippen LogP contribution in [0.25, 0.3) is 0 Å². The Morgan fingerprint density at radius 2 is 1.81 bits per heavy atom. The van der Waals surface area contributed by atoms with Crippen LogP contribution >= 0.6 is 0 Å². The van der Waals surface area contributed by atoms with E-state index in [0.717, 1.165) is 16.7 Å². The van der Waals surface area contributed by atoms with Gasteiger partial charge in [0.25, 0.3) is 0 Å². The summed E-state index contributed by atoms with van der Waals surface area (Å²) in [5.41, 5.74) is 4.60. The average Bonchev–Trinajstić information content (AvgIpc) is 2.67. The summed E-state index contributed by atoms with van der Waals surface area (Å²) in [5, 5.41) is 6.46. The molecular weight excluding hydrogens is 200 g/mol. The van der Waals surface area contributed by atoms with Crippen LogP contribution in [0.4, 0.5) is 0 Å². The fraction of sp³-hybridized carbons (Fsp3) is 0.231. The summed E-state index contributed by atoms with van der Waals surface area (Å²) in [7, 11) is 0. The minimum Gasteiger partial charge on any atom is -0.288 e. The lowest BCUT2D eigenvalue weighted by Gasteiger charge is -2.08. The highest BCUT2D eigenvalue weighted by Crippen LogP contribution is 2.19. The van der Waals surface area contributed by atoms with Crippen LogP contribution in [0.2, 0.25) is 0 Å². The molecule has 3 heteroatoms. The first kappa shape index (κ1) is 10.6. The van der Waals surface area contributed by atoms with Gasteiger partial charge in [0.05, 0.1) is 11.8 Å². The predicted octanol–water partition coefficient (Wildman–Crippen LogP) is 2.57. The number of nitrogens with zero attached hydrogens (tertiary/aromatic N) is 1. The van der Waals surface area contributed by atoms with E-state index in [-0.39, 0.29) is 5.78 Å². The van der Waals surface area contributed by atoms with E-state index in [1.165, 1.54) is 5.56 Å². The summed E-state index contributed by atoms with van der Waals surface area (Å²) < 4.78 is 0. The van der Waals surface area contributed by atoms with Crippen molar-refractivity contribution in [2.75, 3.05) is 0 Å². The molecule has 3 nitrogen and oxygen atoms in total. The van der Waals surface area contributed by atoms with Gasteiger partial charge in [-0.05, 0) is 31.9 Å². The van der Waals surface area contributed by atoms with Crippen LogP contribution in [-0.4, -0.2) is 16.0 Å². The molecule has 82 valence electrons. The molecular formula is C13H14N2O. The van der Waals surface area contributed by atoms with E-state index in [1.54, 1.807) is 12.4 Å². The highest BCUT2D eigenvalue weighted by molar-refractivity contribution is 6.10. The van der Waals surface area contributed by atoms with Crippen LogP contribution in [0.3, 0.4) is 0 Å². The van der Waals surface area contributed by atoms with Crippen molar-refractivity contribution in [1.29, 1.82) is 0 Å². The Bertz CT molecular complexity index is 504. The van der Waals surface area contributed by atoms with Gasteiger partial charge in [-0.1, -0.05) is 17.7 Å². The van der Waals surface area contributed by atoms with E-state index in [9.17, 15) is 4.79 Å². The van der Waals surface area contributed by atoms with Crippen LogP contribution in [0.1, 0.15) is 32.6 Å². The fourth-order valence-electron chi connectivity index (χ4n) is 2.06. The number of carbonyl (C=O) groups excluding carboxylic acids is 1. The highest BCUT2D eigenvalue weighted by atomic mass is 16.1. The zero-order valence-electron chi connectivity index (χ0n) is 9.66. The van der Waals surface area contributed by atoms with Gasteiger partial charge in [0.2, 0.25) is 0 Å². The van der Waals surface area contributed by atoms with Gasteiger partial charge in [-0.15, -0.1) is 0 Å². The second kappa shape index (κ2) is 3.93. The molecule has 2 rings (SSSR count). The topological polar surface area (TPSA) is 45.8 Å². The number of aromatic amines is 1. The number of H-pyrrole nitrogens is 1. The van der Waals surface area contributed by atoms with Gasteiger partial charge in [0.15, 0.2) is 5.78 Å². The lowest BCUT2D eigenvalue weighted by Crippen LogP contribution is -2.05. The van der Waals surface area contributed by atoms with E-state index in [2.05, 4.69) is 10.2 Å². The Kier molecular flexibility index (Phi) is 2.60. The number of carbonyl (C=O) groups is 1. The SMILES string of the molecule is Cc1cc(C)c(C(=O)c2cn[nH]c2)c(C)c1. The number of hydrogen-bond acceptors (Lipinski definition) is 2. The van der Waals surface area contributed by atoms with Crippen molar-refractivity contribution in [3.05, 3.63) is 52.3 Å². The Morgan fingerprint density at radius 1 is 1.19 bits per heavy atom. The van der Waals surface area contributed by atoms with Gasteiger partial charge in [0, 0.05) is 11.8 Å². The number of nitrogens with one attached hydrogen (secondary N) is 1. The normalized spacial score (nSPS) is 10.4. The highest BCUT2D eigenvalue weighted by Gasteiger charge is 2.15. The first-order valence-corrected chi connectivity index (χ1v) is 5.21. The summed E-state index contributed by atoms with van der Waals surface area (Å²) in [6.45, 7) is 5.97. The zero-order chi connectivity index (χ0) is 11.7. The summed E-state index contributed by atoms with van der Waals surface area (Å²) in [6, 6.07) is 4.06. The maximum absolute atomic E-state index is 12.2. The third kappa shape index (κ3) is 1.76. The molecule has 1 aromatic heterocycles. The van der Waals surface area contributed by atoms with E-state index in [0.29, 0.717) is 5.56 Å². The quantitative estimate of drug-likeness (QED) is 0.781. The van der Waals surface area contributed by atoms with Gasteiger partial charge in [-0.3, -0.25) is 9.89 Å². The predicted molar refractivity (Wildman–Crippen MR) is 62.7 cm³/mol. The molecule has 1 heterocycles. The lowest BCUT2D eigenvalue weighted by molar-refractivity contribution is 0.103. The second-order valence-corrected chi connectivity index (χ2v) is 4.09. The summed E-state index contributed by atoms with van der Waals surface area (Å²) in [5.74, 6) is 0.0313. The lowest BCUT2D eigenvalue weighted by atomic mass is 9.94. The Labute approximate surface area is 94.5 Å². The van der Waals surface area contributed by atoms with Crippen LogP contribution in [-0.2, 0) is 0 Å². The smallest absolute Gasteiger partial charge is 0.196 e. The molecule has 0 fully saturated rings. The molecule has 2 aromatic rings. The van der Waals surface area contributed by atoms with Crippen molar-refractivity contribution in [1.82, 2.24) is 10.2 Å². The van der Waals surface area contributed by atoms with E-state index >= 15 is 0 Å². The minimum absolute atomic E-state index is 0.0313. The minimum atomic E-state index is 0.0313.